The third-order valence-corrected chi connectivity index (χ3v) is 6.40. The van der Waals surface area contributed by atoms with Gasteiger partial charge < -0.3 is 14.0 Å². The number of aromatic nitrogens is 1. The Labute approximate surface area is 197 Å². The van der Waals surface area contributed by atoms with E-state index in [0.717, 1.165) is 69.4 Å². The van der Waals surface area contributed by atoms with Gasteiger partial charge in [-0.05, 0) is 67.7 Å². The summed E-state index contributed by atoms with van der Waals surface area (Å²) in [4.78, 5) is 13.3. The van der Waals surface area contributed by atoms with Gasteiger partial charge in [0, 0.05) is 31.0 Å². The van der Waals surface area contributed by atoms with Gasteiger partial charge in [0.05, 0.1) is 13.2 Å². The Bertz CT molecular complexity index is 1060. The quantitative estimate of drug-likeness (QED) is 0.536. The minimum Gasteiger partial charge on any atom is -0.377 e. The minimum absolute atomic E-state index is 0.177. The zero-order valence-corrected chi connectivity index (χ0v) is 19.5. The zero-order valence-electron chi connectivity index (χ0n) is 19.5. The van der Waals surface area contributed by atoms with Crippen LogP contribution in [-0.2, 0) is 48.5 Å². The Morgan fingerprint density at radius 2 is 1.30 bits per heavy atom. The largest absolute Gasteiger partial charge is 0.377 e. The van der Waals surface area contributed by atoms with Gasteiger partial charge in [0.1, 0.15) is 0 Å². The molecule has 2 bridgehead atoms. The van der Waals surface area contributed by atoms with Gasteiger partial charge in [-0.3, -0.25) is 4.79 Å². The fourth-order valence-corrected chi connectivity index (χ4v) is 4.43. The van der Waals surface area contributed by atoms with E-state index < -0.39 is 0 Å². The standard InChI is InChI=1S/C29H35NO3/c31-29-25-12-6-8-20-32-22-26-13-4-5-14-27(26)23-33-21-9-7-15-28(17-16-25)30(29)19-18-24-10-2-1-3-11-24/h1-5,10-11,13-14,16-17H,6-9,12,15,18-23H2. The molecule has 2 aliphatic rings. The van der Waals surface area contributed by atoms with Crippen molar-refractivity contribution < 1.29 is 9.47 Å². The SMILES string of the molecule is O=c1c2ccc(n1CCc1ccccc1)CCCCOCc1ccccc1COCCCC2. The van der Waals surface area contributed by atoms with Crippen molar-refractivity contribution in [1.82, 2.24) is 4.57 Å². The summed E-state index contributed by atoms with van der Waals surface area (Å²) in [7, 11) is 0. The van der Waals surface area contributed by atoms with Gasteiger partial charge in [0.15, 0.2) is 0 Å². The molecule has 0 amide bonds. The molecular weight excluding hydrogens is 410 g/mol. The maximum atomic E-state index is 13.3. The minimum atomic E-state index is 0.177. The number of hydrogen-bond acceptors (Lipinski definition) is 3. The number of ether oxygens (including phenoxy) is 2. The van der Waals surface area contributed by atoms with Gasteiger partial charge in [-0.2, -0.15) is 0 Å². The second kappa shape index (κ2) is 12.5. The van der Waals surface area contributed by atoms with Crippen molar-refractivity contribution in [1.29, 1.82) is 0 Å². The molecule has 0 radical (unpaired) electrons. The molecule has 0 atom stereocenters. The first kappa shape index (κ1) is 23.5. The molecule has 5 rings (SSSR count). The Morgan fingerprint density at radius 1 is 0.667 bits per heavy atom. The molecule has 0 N–H and O–H groups in total. The van der Waals surface area contributed by atoms with E-state index >= 15 is 0 Å². The lowest BCUT2D eigenvalue weighted by Gasteiger charge is -2.16. The van der Waals surface area contributed by atoms with Crippen molar-refractivity contribution in [3.05, 3.63) is 105 Å². The smallest absolute Gasteiger partial charge is 0.253 e. The third kappa shape index (κ3) is 6.89. The fourth-order valence-electron chi connectivity index (χ4n) is 4.43. The van der Waals surface area contributed by atoms with Crippen molar-refractivity contribution in [2.24, 2.45) is 0 Å². The second-order valence-electron chi connectivity index (χ2n) is 8.83. The number of rotatable bonds is 3. The van der Waals surface area contributed by atoms with E-state index in [9.17, 15) is 4.79 Å². The molecule has 0 fully saturated rings. The highest BCUT2D eigenvalue weighted by Gasteiger charge is 2.10. The molecular formula is C29H35NO3. The van der Waals surface area contributed by atoms with E-state index in [-0.39, 0.29) is 5.56 Å². The maximum absolute atomic E-state index is 13.3. The molecule has 0 saturated heterocycles. The first-order chi connectivity index (χ1) is 16.3. The van der Waals surface area contributed by atoms with Crippen LogP contribution in [0.25, 0.3) is 0 Å². The predicted molar refractivity (Wildman–Crippen MR) is 132 cm³/mol. The molecule has 0 spiro atoms. The normalized spacial score (nSPS) is 16.0. The van der Waals surface area contributed by atoms with Gasteiger partial charge in [-0.15, -0.1) is 0 Å². The van der Waals surface area contributed by atoms with Crippen LogP contribution in [0.4, 0.5) is 0 Å². The van der Waals surface area contributed by atoms with Gasteiger partial charge in [-0.25, -0.2) is 0 Å². The molecule has 1 aromatic heterocycles. The van der Waals surface area contributed by atoms with E-state index in [0.29, 0.717) is 19.8 Å². The lowest BCUT2D eigenvalue weighted by Crippen LogP contribution is -2.27. The number of pyridine rings is 1. The number of aryl methyl sites for hydroxylation is 3. The summed E-state index contributed by atoms with van der Waals surface area (Å²) in [6.07, 6.45) is 6.47. The van der Waals surface area contributed by atoms with Crippen LogP contribution in [0.15, 0.2) is 71.5 Å². The van der Waals surface area contributed by atoms with Crippen molar-refractivity contribution in [3.8, 4) is 0 Å². The first-order valence-electron chi connectivity index (χ1n) is 12.3. The fraction of sp³-hybridized carbons (Fsp3) is 0.414. The Balaban J connectivity index is 1.46. The summed E-state index contributed by atoms with van der Waals surface area (Å²) >= 11 is 0. The predicted octanol–water partition coefficient (Wildman–Crippen LogP) is 5.48. The van der Waals surface area contributed by atoms with Gasteiger partial charge in [0.25, 0.3) is 5.56 Å². The van der Waals surface area contributed by atoms with Crippen LogP contribution in [0.1, 0.15) is 53.6 Å². The van der Waals surface area contributed by atoms with Crippen molar-refractivity contribution in [2.75, 3.05) is 13.2 Å². The van der Waals surface area contributed by atoms with Crippen molar-refractivity contribution in [3.63, 3.8) is 0 Å². The highest BCUT2D eigenvalue weighted by molar-refractivity contribution is 5.26. The van der Waals surface area contributed by atoms with E-state index in [4.69, 9.17) is 9.47 Å². The molecule has 0 aliphatic carbocycles. The first-order valence-corrected chi connectivity index (χ1v) is 12.3. The van der Waals surface area contributed by atoms with E-state index in [1.807, 2.05) is 16.7 Å². The highest BCUT2D eigenvalue weighted by Crippen LogP contribution is 2.14. The number of fused-ring (bicyclic) bond motifs is 12. The third-order valence-electron chi connectivity index (χ3n) is 6.40. The number of hydrogen-bond donors (Lipinski definition) is 0. The summed E-state index contributed by atoms with van der Waals surface area (Å²) in [6, 6.07) is 23.0. The average molecular weight is 446 g/mol. The molecule has 4 heteroatoms. The van der Waals surface area contributed by atoms with Crippen LogP contribution in [0.3, 0.4) is 0 Å². The molecule has 2 aliphatic heterocycles. The Morgan fingerprint density at radius 3 is 2.00 bits per heavy atom. The molecule has 3 aromatic rings. The zero-order chi connectivity index (χ0) is 22.7. The summed E-state index contributed by atoms with van der Waals surface area (Å²) in [6.45, 7) is 3.38. The lowest BCUT2D eigenvalue weighted by molar-refractivity contribution is 0.104. The van der Waals surface area contributed by atoms with Crippen LogP contribution in [-0.4, -0.2) is 17.8 Å². The molecule has 174 valence electrons. The van der Waals surface area contributed by atoms with Crippen molar-refractivity contribution >= 4 is 0 Å². The lowest BCUT2D eigenvalue weighted by atomic mass is 10.1. The van der Waals surface area contributed by atoms with Crippen LogP contribution < -0.4 is 5.56 Å². The molecule has 3 heterocycles. The Kier molecular flexibility index (Phi) is 8.91. The van der Waals surface area contributed by atoms with E-state index in [2.05, 4.69) is 54.6 Å². The van der Waals surface area contributed by atoms with Crippen molar-refractivity contribution in [2.45, 2.75) is 64.7 Å². The second-order valence-corrected chi connectivity index (χ2v) is 8.83. The van der Waals surface area contributed by atoms with Crippen LogP contribution in [0, 0.1) is 0 Å². The Hall–Kier alpha value is -2.69. The van der Waals surface area contributed by atoms with Crippen LogP contribution in [0.5, 0.6) is 0 Å². The summed E-state index contributed by atoms with van der Waals surface area (Å²) in [5.74, 6) is 0. The van der Waals surface area contributed by atoms with Gasteiger partial charge >= 0.3 is 0 Å². The topological polar surface area (TPSA) is 40.5 Å². The molecule has 33 heavy (non-hydrogen) atoms. The van der Waals surface area contributed by atoms with Crippen LogP contribution >= 0.6 is 0 Å². The average Bonchev–Trinajstić information content (AvgIpc) is 2.85. The summed E-state index contributed by atoms with van der Waals surface area (Å²) in [5.41, 5.74) is 5.91. The number of nitrogens with zero attached hydrogens (tertiary/aromatic N) is 1. The molecule has 4 nitrogen and oxygen atoms in total. The maximum Gasteiger partial charge on any atom is 0.253 e. The van der Waals surface area contributed by atoms with Gasteiger partial charge in [0.2, 0.25) is 0 Å². The summed E-state index contributed by atoms with van der Waals surface area (Å²) in [5, 5.41) is 0. The van der Waals surface area contributed by atoms with Gasteiger partial charge in [-0.1, -0.05) is 60.7 Å². The van der Waals surface area contributed by atoms with E-state index in [1.165, 1.54) is 16.7 Å². The molecule has 2 aromatic carbocycles. The molecule has 0 saturated carbocycles. The molecule has 0 unspecified atom stereocenters. The number of benzene rings is 2. The monoisotopic (exact) mass is 445 g/mol. The highest BCUT2D eigenvalue weighted by atomic mass is 16.5. The summed E-state index contributed by atoms with van der Waals surface area (Å²) < 4.78 is 13.9. The van der Waals surface area contributed by atoms with Crippen LogP contribution in [0.2, 0.25) is 0 Å². The van der Waals surface area contributed by atoms with E-state index in [1.54, 1.807) is 0 Å².